The topological polar surface area (TPSA) is 17.1 Å². The normalized spacial score (nSPS) is 52.6. The maximum atomic E-state index is 12.7. The first-order valence-corrected chi connectivity index (χ1v) is 12.1. The average molecular weight is 409 g/mol. The van der Waals surface area contributed by atoms with E-state index in [0.717, 1.165) is 36.0 Å². The molecular weight excluding hydrogens is 372 g/mol. The Bertz CT molecular complexity index is 530. The molecule has 0 aromatic heterocycles. The molecular formula is C23H37BrO. The SMILES string of the molecule is C[C@H]1CC[C@@]2(C)[C@@H](CC[C@@H]3[C@@H]2CC[C@]2(C)[C@@H](C(=O)CBr)CCC[C@@H]32)C1. The first-order valence-electron chi connectivity index (χ1n) is 11.0. The van der Waals surface area contributed by atoms with Gasteiger partial charge in [0.05, 0.1) is 5.33 Å². The molecule has 1 nitrogen and oxygen atoms in total. The van der Waals surface area contributed by atoms with Crippen molar-refractivity contribution in [1.82, 2.24) is 0 Å². The minimum absolute atomic E-state index is 0.287. The van der Waals surface area contributed by atoms with Crippen LogP contribution in [0.15, 0.2) is 0 Å². The predicted octanol–water partition coefficient (Wildman–Crippen LogP) is 6.64. The molecule has 0 saturated heterocycles. The van der Waals surface area contributed by atoms with Crippen molar-refractivity contribution in [2.75, 3.05) is 5.33 Å². The van der Waals surface area contributed by atoms with Crippen LogP contribution >= 0.6 is 15.9 Å². The van der Waals surface area contributed by atoms with E-state index in [1.54, 1.807) is 0 Å². The van der Waals surface area contributed by atoms with Crippen molar-refractivity contribution < 1.29 is 4.79 Å². The summed E-state index contributed by atoms with van der Waals surface area (Å²) in [7, 11) is 0. The summed E-state index contributed by atoms with van der Waals surface area (Å²) in [4.78, 5) is 12.7. The van der Waals surface area contributed by atoms with Crippen molar-refractivity contribution in [3.05, 3.63) is 0 Å². The highest BCUT2D eigenvalue weighted by Crippen LogP contribution is 2.66. The van der Waals surface area contributed by atoms with Crippen LogP contribution in [0.5, 0.6) is 0 Å². The highest BCUT2D eigenvalue weighted by Gasteiger charge is 2.59. The smallest absolute Gasteiger partial charge is 0.147 e. The standard InChI is InChI=1S/C23H37BrO/c1-15-9-11-22(2)16(13-15)7-8-17-18-5-4-6-20(21(25)14-24)23(18,3)12-10-19(17)22/h15-20H,4-14H2,1-3H3/t15-,16-,17-,18-,19-,20+,22-,23-/m0/s1. The third-order valence-corrected chi connectivity index (χ3v) is 10.2. The second kappa shape index (κ2) is 6.64. The molecule has 0 aromatic rings. The molecule has 0 unspecified atom stereocenters. The van der Waals surface area contributed by atoms with Gasteiger partial charge in [0.2, 0.25) is 0 Å². The fraction of sp³-hybridized carbons (Fsp3) is 0.957. The molecule has 142 valence electrons. The highest BCUT2D eigenvalue weighted by molar-refractivity contribution is 9.09. The molecule has 0 amide bonds. The number of hydrogen-bond donors (Lipinski definition) is 0. The van der Waals surface area contributed by atoms with Crippen LogP contribution < -0.4 is 0 Å². The van der Waals surface area contributed by atoms with Gasteiger partial charge in [0.15, 0.2) is 0 Å². The lowest BCUT2D eigenvalue weighted by Gasteiger charge is -2.63. The number of alkyl halides is 1. The molecule has 0 N–H and O–H groups in total. The molecule has 0 aromatic carbocycles. The van der Waals surface area contributed by atoms with Gasteiger partial charge >= 0.3 is 0 Å². The average Bonchev–Trinajstić information content (AvgIpc) is 2.60. The first-order chi connectivity index (χ1) is 11.9. The Hall–Kier alpha value is 0.150. The maximum Gasteiger partial charge on any atom is 0.147 e. The number of halogens is 1. The Morgan fingerprint density at radius 1 is 0.960 bits per heavy atom. The van der Waals surface area contributed by atoms with Crippen LogP contribution in [0.1, 0.15) is 85.0 Å². The quantitative estimate of drug-likeness (QED) is 0.468. The van der Waals surface area contributed by atoms with Gasteiger partial charge in [-0.25, -0.2) is 0 Å². The number of carbonyl (C=O) groups excluding carboxylic acids is 1. The lowest BCUT2D eigenvalue weighted by molar-refractivity contribution is -0.155. The van der Waals surface area contributed by atoms with Crippen molar-refractivity contribution >= 4 is 21.7 Å². The zero-order valence-corrected chi connectivity index (χ0v) is 18.1. The number of hydrogen-bond acceptors (Lipinski definition) is 1. The van der Waals surface area contributed by atoms with E-state index in [9.17, 15) is 4.79 Å². The fourth-order valence-corrected chi connectivity index (χ4v) is 8.68. The van der Waals surface area contributed by atoms with Gasteiger partial charge in [-0.1, -0.05) is 49.5 Å². The van der Waals surface area contributed by atoms with Crippen LogP contribution in [0.25, 0.3) is 0 Å². The third kappa shape index (κ3) is 2.79. The Morgan fingerprint density at radius 2 is 1.68 bits per heavy atom. The number of rotatable bonds is 2. The van der Waals surface area contributed by atoms with Gasteiger partial charge < -0.3 is 0 Å². The summed E-state index contributed by atoms with van der Waals surface area (Å²) in [5, 5.41) is 0.561. The molecule has 0 spiro atoms. The Labute approximate surface area is 163 Å². The molecule has 0 heterocycles. The molecule has 25 heavy (non-hydrogen) atoms. The van der Waals surface area contributed by atoms with E-state index in [0.29, 0.717) is 22.4 Å². The summed E-state index contributed by atoms with van der Waals surface area (Å²) < 4.78 is 0. The summed E-state index contributed by atoms with van der Waals surface area (Å²) in [6.45, 7) is 7.63. The van der Waals surface area contributed by atoms with Gasteiger partial charge in [0, 0.05) is 5.92 Å². The largest absolute Gasteiger partial charge is 0.298 e. The van der Waals surface area contributed by atoms with Gasteiger partial charge in [0.25, 0.3) is 0 Å². The Morgan fingerprint density at radius 3 is 2.44 bits per heavy atom. The molecule has 4 saturated carbocycles. The lowest BCUT2D eigenvalue weighted by Crippen LogP contribution is -2.57. The second-order valence-corrected chi connectivity index (χ2v) is 11.2. The fourth-order valence-electron chi connectivity index (χ4n) is 8.29. The van der Waals surface area contributed by atoms with Gasteiger partial charge in [-0.2, -0.15) is 0 Å². The zero-order chi connectivity index (χ0) is 17.8. The number of carbonyl (C=O) groups is 1. The van der Waals surface area contributed by atoms with E-state index >= 15 is 0 Å². The van der Waals surface area contributed by atoms with Gasteiger partial charge in [-0.15, -0.1) is 0 Å². The highest BCUT2D eigenvalue weighted by atomic mass is 79.9. The molecule has 4 rings (SSSR count). The molecule has 4 fully saturated rings. The van der Waals surface area contributed by atoms with E-state index in [2.05, 4.69) is 36.7 Å². The van der Waals surface area contributed by atoms with Gasteiger partial charge in [-0.3, -0.25) is 4.79 Å². The summed E-state index contributed by atoms with van der Waals surface area (Å²) in [6.07, 6.45) is 13.8. The van der Waals surface area contributed by atoms with Crippen LogP contribution in [0.3, 0.4) is 0 Å². The molecule has 0 aliphatic heterocycles. The van der Waals surface area contributed by atoms with Crippen LogP contribution in [0, 0.1) is 46.3 Å². The second-order valence-electron chi connectivity index (χ2n) is 10.7. The molecule has 4 aliphatic carbocycles. The monoisotopic (exact) mass is 408 g/mol. The third-order valence-electron chi connectivity index (χ3n) is 9.69. The number of Topliss-reactive ketones (excluding diaryl/α,β-unsaturated/α-hetero) is 1. The van der Waals surface area contributed by atoms with E-state index in [-0.39, 0.29) is 5.41 Å². The molecule has 0 bridgehead atoms. The van der Waals surface area contributed by atoms with Crippen LogP contribution in [-0.4, -0.2) is 11.1 Å². The van der Waals surface area contributed by atoms with E-state index in [4.69, 9.17) is 0 Å². The van der Waals surface area contributed by atoms with Crippen molar-refractivity contribution in [2.24, 2.45) is 46.3 Å². The minimum Gasteiger partial charge on any atom is -0.298 e. The Balaban J connectivity index is 1.61. The van der Waals surface area contributed by atoms with Crippen LogP contribution in [-0.2, 0) is 4.79 Å². The van der Waals surface area contributed by atoms with E-state index < -0.39 is 0 Å². The number of fused-ring (bicyclic) bond motifs is 5. The van der Waals surface area contributed by atoms with Crippen molar-refractivity contribution in [2.45, 2.75) is 85.0 Å². The lowest BCUT2D eigenvalue weighted by atomic mass is 9.41. The zero-order valence-electron chi connectivity index (χ0n) is 16.5. The van der Waals surface area contributed by atoms with Gasteiger partial charge in [-0.05, 0) is 91.8 Å². The summed E-state index contributed by atoms with van der Waals surface area (Å²) >= 11 is 3.47. The molecule has 8 atom stereocenters. The minimum atomic E-state index is 0.287. The maximum absolute atomic E-state index is 12.7. The summed E-state index contributed by atoms with van der Waals surface area (Å²) in [5.74, 6) is 5.38. The number of ketones is 1. The van der Waals surface area contributed by atoms with Crippen LogP contribution in [0.4, 0.5) is 0 Å². The van der Waals surface area contributed by atoms with Crippen LogP contribution in [0.2, 0.25) is 0 Å². The van der Waals surface area contributed by atoms with Crippen molar-refractivity contribution in [3.8, 4) is 0 Å². The summed E-state index contributed by atoms with van der Waals surface area (Å²) in [6, 6.07) is 0. The molecule has 2 heteroatoms. The van der Waals surface area contributed by atoms with Gasteiger partial charge in [0.1, 0.15) is 5.78 Å². The van der Waals surface area contributed by atoms with E-state index in [1.807, 2.05) is 0 Å². The molecule has 0 radical (unpaired) electrons. The Kier molecular flexibility index (Phi) is 4.92. The first kappa shape index (κ1) is 18.5. The molecule has 4 aliphatic rings. The predicted molar refractivity (Wildman–Crippen MR) is 108 cm³/mol. The van der Waals surface area contributed by atoms with E-state index in [1.165, 1.54) is 57.8 Å². The van der Waals surface area contributed by atoms with Crippen molar-refractivity contribution in [3.63, 3.8) is 0 Å². The summed E-state index contributed by atoms with van der Waals surface area (Å²) in [5.41, 5.74) is 0.887. The van der Waals surface area contributed by atoms with Crippen molar-refractivity contribution in [1.29, 1.82) is 0 Å².